The Labute approximate surface area is 149 Å². The Kier molecular flexibility index (Phi) is 5.56. The van der Waals surface area contributed by atoms with Gasteiger partial charge in [0, 0.05) is 36.8 Å². The van der Waals surface area contributed by atoms with Gasteiger partial charge in [-0.05, 0) is 25.7 Å². The Morgan fingerprint density at radius 1 is 1.28 bits per heavy atom. The van der Waals surface area contributed by atoms with Gasteiger partial charge in [0.2, 0.25) is 5.91 Å². The Bertz CT molecular complexity index is 731. The van der Waals surface area contributed by atoms with E-state index in [1.165, 1.54) is 19.3 Å². The van der Waals surface area contributed by atoms with Gasteiger partial charge in [-0.25, -0.2) is 4.98 Å². The molecular weight excluding hydrogens is 314 g/mol. The maximum atomic E-state index is 12.2. The highest BCUT2D eigenvalue weighted by Crippen LogP contribution is 2.20. The minimum absolute atomic E-state index is 0.130. The van der Waals surface area contributed by atoms with E-state index in [9.17, 15) is 4.79 Å². The maximum absolute atomic E-state index is 12.2. The summed E-state index contributed by atoms with van der Waals surface area (Å²) in [5.41, 5.74) is 2.81. The summed E-state index contributed by atoms with van der Waals surface area (Å²) >= 11 is 0. The van der Waals surface area contributed by atoms with Crippen molar-refractivity contribution in [1.29, 1.82) is 0 Å². The van der Waals surface area contributed by atoms with Crippen LogP contribution < -0.4 is 10.6 Å². The highest BCUT2D eigenvalue weighted by atomic mass is 16.1. The van der Waals surface area contributed by atoms with Crippen molar-refractivity contribution in [2.45, 2.75) is 71.3 Å². The Balaban J connectivity index is 1.61. The first-order valence-corrected chi connectivity index (χ1v) is 9.43. The fourth-order valence-electron chi connectivity index (χ4n) is 3.38. The molecule has 1 fully saturated rings. The second-order valence-electron chi connectivity index (χ2n) is 7.36. The second-order valence-corrected chi connectivity index (χ2v) is 7.36. The summed E-state index contributed by atoms with van der Waals surface area (Å²) in [4.78, 5) is 16.8. The van der Waals surface area contributed by atoms with Crippen molar-refractivity contribution >= 4 is 17.4 Å². The number of amides is 1. The van der Waals surface area contributed by atoms with Crippen molar-refractivity contribution < 1.29 is 4.79 Å². The van der Waals surface area contributed by atoms with Gasteiger partial charge in [-0.1, -0.05) is 33.1 Å². The molecule has 25 heavy (non-hydrogen) atoms. The van der Waals surface area contributed by atoms with Crippen LogP contribution in [0, 0.1) is 6.92 Å². The summed E-state index contributed by atoms with van der Waals surface area (Å²) < 4.78 is 1.82. The molecule has 0 spiro atoms. The molecule has 1 saturated carbocycles. The average Bonchev–Trinajstić information content (AvgIpc) is 2.96. The van der Waals surface area contributed by atoms with Gasteiger partial charge in [-0.3, -0.25) is 4.79 Å². The SMILES string of the molecule is Cc1cc2nc(C(C)C)cc(NCCC(=O)NC3CCCCC3)n2n1. The molecule has 1 aliphatic rings. The molecule has 0 radical (unpaired) electrons. The number of carbonyl (C=O) groups is 1. The van der Waals surface area contributed by atoms with Crippen molar-refractivity contribution in [1.82, 2.24) is 19.9 Å². The van der Waals surface area contributed by atoms with Gasteiger partial charge >= 0.3 is 0 Å². The molecular formula is C19H29N5O. The largest absolute Gasteiger partial charge is 0.369 e. The molecule has 2 aromatic rings. The van der Waals surface area contributed by atoms with E-state index >= 15 is 0 Å². The molecule has 1 amide bonds. The predicted molar refractivity (Wildman–Crippen MR) is 99.9 cm³/mol. The molecule has 2 heterocycles. The van der Waals surface area contributed by atoms with Gasteiger partial charge in [0.15, 0.2) is 5.65 Å². The Hall–Kier alpha value is -2.11. The molecule has 0 atom stereocenters. The van der Waals surface area contributed by atoms with Crippen LogP contribution in [0.2, 0.25) is 0 Å². The van der Waals surface area contributed by atoms with Crippen LogP contribution in [-0.4, -0.2) is 33.1 Å². The van der Waals surface area contributed by atoms with Crippen molar-refractivity contribution in [3.63, 3.8) is 0 Å². The third-order valence-corrected chi connectivity index (χ3v) is 4.79. The smallest absolute Gasteiger partial charge is 0.221 e. The minimum Gasteiger partial charge on any atom is -0.369 e. The third-order valence-electron chi connectivity index (χ3n) is 4.79. The molecule has 0 aromatic carbocycles. The molecule has 2 N–H and O–H groups in total. The number of hydrogen-bond donors (Lipinski definition) is 2. The molecule has 2 aromatic heterocycles. The topological polar surface area (TPSA) is 71.3 Å². The van der Waals surface area contributed by atoms with Crippen molar-refractivity contribution in [2.75, 3.05) is 11.9 Å². The zero-order chi connectivity index (χ0) is 17.8. The van der Waals surface area contributed by atoms with Crippen LogP contribution in [0.15, 0.2) is 12.1 Å². The molecule has 6 nitrogen and oxygen atoms in total. The van der Waals surface area contributed by atoms with E-state index in [1.54, 1.807) is 0 Å². The third kappa shape index (κ3) is 4.50. The summed E-state index contributed by atoms with van der Waals surface area (Å²) in [5, 5.41) is 11.0. The number of hydrogen-bond acceptors (Lipinski definition) is 4. The quantitative estimate of drug-likeness (QED) is 0.843. The Morgan fingerprint density at radius 2 is 2.04 bits per heavy atom. The predicted octanol–water partition coefficient (Wildman–Crippen LogP) is 3.41. The van der Waals surface area contributed by atoms with Crippen LogP contribution in [0.4, 0.5) is 5.82 Å². The van der Waals surface area contributed by atoms with Gasteiger partial charge < -0.3 is 10.6 Å². The lowest BCUT2D eigenvalue weighted by molar-refractivity contribution is -0.121. The van der Waals surface area contributed by atoms with Crippen LogP contribution in [0.3, 0.4) is 0 Å². The number of rotatable bonds is 6. The van der Waals surface area contributed by atoms with Crippen molar-refractivity contribution in [2.24, 2.45) is 0 Å². The number of aromatic nitrogens is 3. The summed E-state index contributed by atoms with van der Waals surface area (Å²) in [6.07, 6.45) is 6.47. The van der Waals surface area contributed by atoms with Crippen LogP contribution >= 0.6 is 0 Å². The lowest BCUT2D eigenvalue weighted by Crippen LogP contribution is -2.36. The standard InChI is InChI=1S/C19H29N5O/c1-13(2)16-12-17(24-18(22-16)11-14(3)23-24)20-10-9-19(25)21-15-7-5-4-6-8-15/h11-13,15,20H,4-10H2,1-3H3,(H,21,25). The van der Waals surface area contributed by atoms with Gasteiger partial charge in [0.25, 0.3) is 0 Å². The highest BCUT2D eigenvalue weighted by molar-refractivity contribution is 5.76. The van der Waals surface area contributed by atoms with Gasteiger partial charge in [-0.2, -0.15) is 9.61 Å². The second kappa shape index (κ2) is 7.85. The number of fused-ring (bicyclic) bond motifs is 1. The first-order valence-electron chi connectivity index (χ1n) is 9.43. The monoisotopic (exact) mass is 343 g/mol. The van der Waals surface area contributed by atoms with Crippen LogP contribution in [0.25, 0.3) is 5.65 Å². The van der Waals surface area contributed by atoms with E-state index < -0.39 is 0 Å². The molecule has 3 rings (SSSR count). The summed E-state index contributed by atoms with van der Waals surface area (Å²) in [6, 6.07) is 4.38. The van der Waals surface area contributed by atoms with Crippen molar-refractivity contribution in [3.05, 3.63) is 23.5 Å². The first-order chi connectivity index (χ1) is 12.0. The van der Waals surface area contributed by atoms with Crippen LogP contribution in [0.5, 0.6) is 0 Å². The van der Waals surface area contributed by atoms with E-state index in [-0.39, 0.29) is 5.91 Å². The molecule has 0 aliphatic heterocycles. The molecule has 0 saturated heterocycles. The number of nitrogens with zero attached hydrogens (tertiary/aromatic N) is 3. The lowest BCUT2D eigenvalue weighted by Gasteiger charge is -2.22. The Morgan fingerprint density at radius 3 is 2.76 bits per heavy atom. The van der Waals surface area contributed by atoms with Crippen LogP contribution in [0.1, 0.15) is 69.7 Å². The number of aryl methyl sites for hydroxylation is 1. The molecule has 136 valence electrons. The van der Waals surface area contributed by atoms with E-state index in [0.29, 0.717) is 24.9 Å². The first kappa shape index (κ1) is 17.7. The number of anilines is 1. The molecule has 0 bridgehead atoms. The normalized spacial score (nSPS) is 15.7. The lowest BCUT2D eigenvalue weighted by atomic mass is 9.95. The van der Waals surface area contributed by atoms with E-state index in [4.69, 9.17) is 0 Å². The van der Waals surface area contributed by atoms with Gasteiger partial charge in [0.1, 0.15) is 5.82 Å². The zero-order valence-corrected chi connectivity index (χ0v) is 15.5. The summed E-state index contributed by atoms with van der Waals surface area (Å²) in [5.74, 6) is 1.37. The van der Waals surface area contributed by atoms with Crippen molar-refractivity contribution in [3.8, 4) is 0 Å². The number of nitrogens with one attached hydrogen (secondary N) is 2. The summed E-state index contributed by atoms with van der Waals surface area (Å²) in [6.45, 7) is 6.81. The van der Waals surface area contributed by atoms with E-state index in [0.717, 1.165) is 35.7 Å². The molecule has 1 aliphatic carbocycles. The maximum Gasteiger partial charge on any atom is 0.221 e. The van der Waals surface area contributed by atoms with Gasteiger partial charge in [0.05, 0.1) is 5.69 Å². The minimum atomic E-state index is 0.130. The van der Waals surface area contributed by atoms with Gasteiger partial charge in [-0.15, -0.1) is 0 Å². The fraction of sp³-hybridized carbons (Fsp3) is 0.632. The average molecular weight is 343 g/mol. The highest BCUT2D eigenvalue weighted by Gasteiger charge is 2.16. The summed E-state index contributed by atoms with van der Waals surface area (Å²) in [7, 11) is 0. The number of carbonyl (C=O) groups excluding carboxylic acids is 1. The zero-order valence-electron chi connectivity index (χ0n) is 15.5. The van der Waals surface area contributed by atoms with E-state index in [2.05, 4.69) is 34.6 Å². The van der Waals surface area contributed by atoms with E-state index in [1.807, 2.05) is 23.6 Å². The fourth-order valence-corrected chi connectivity index (χ4v) is 3.38. The molecule has 0 unspecified atom stereocenters. The molecule has 6 heteroatoms. The van der Waals surface area contributed by atoms with Crippen LogP contribution in [-0.2, 0) is 4.79 Å².